The minimum Gasteiger partial charge on any atom is -0.293 e. The van der Waals surface area contributed by atoms with E-state index in [9.17, 15) is 18.5 Å². The van der Waals surface area contributed by atoms with Crippen LogP contribution in [0.25, 0.3) is 0 Å². The summed E-state index contributed by atoms with van der Waals surface area (Å²) in [5.41, 5.74) is 4.09. The highest BCUT2D eigenvalue weighted by molar-refractivity contribution is 7.89. The van der Waals surface area contributed by atoms with Crippen LogP contribution in [0.3, 0.4) is 0 Å². The van der Waals surface area contributed by atoms with Crippen molar-refractivity contribution in [2.75, 3.05) is 32.7 Å². The standard InChI is InChI=1S/C22H25N3O3S/c1-16-12-18(3)20(13-17(16)2)21(26)15-24-8-10-25(11-9-24)29(27,28)22-7-5-4-6-19(22)14-23/h4-7,12-13H,8-11,15H2,1-3H3. The van der Waals surface area contributed by atoms with Crippen molar-refractivity contribution in [2.45, 2.75) is 25.7 Å². The lowest BCUT2D eigenvalue weighted by atomic mass is 9.98. The smallest absolute Gasteiger partial charge is 0.244 e. The fraction of sp³-hybridized carbons (Fsp3) is 0.364. The Labute approximate surface area is 172 Å². The van der Waals surface area contributed by atoms with Gasteiger partial charge in [0.2, 0.25) is 10.0 Å². The number of ketones is 1. The molecule has 2 aromatic rings. The normalized spacial score (nSPS) is 15.8. The highest BCUT2D eigenvalue weighted by atomic mass is 32.2. The SMILES string of the molecule is Cc1cc(C)c(C(=O)CN2CCN(S(=O)(=O)c3ccccc3C#N)CC2)cc1C. The molecule has 0 bridgehead atoms. The molecule has 0 atom stereocenters. The number of nitrogens with zero attached hydrogens (tertiary/aromatic N) is 3. The van der Waals surface area contributed by atoms with Crippen molar-refractivity contribution in [2.24, 2.45) is 0 Å². The highest BCUT2D eigenvalue weighted by Gasteiger charge is 2.30. The van der Waals surface area contributed by atoms with Gasteiger partial charge in [0.25, 0.3) is 0 Å². The number of carbonyl (C=O) groups excluding carboxylic acids is 1. The first-order valence-corrected chi connectivity index (χ1v) is 11.0. The van der Waals surface area contributed by atoms with Gasteiger partial charge in [-0.2, -0.15) is 9.57 Å². The van der Waals surface area contributed by atoms with E-state index in [1.165, 1.54) is 16.4 Å². The van der Waals surface area contributed by atoms with Crippen LogP contribution in [-0.2, 0) is 10.0 Å². The number of aryl methyl sites for hydroxylation is 3. The van der Waals surface area contributed by atoms with Crippen LogP contribution in [0.2, 0.25) is 0 Å². The third kappa shape index (κ3) is 4.40. The van der Waals surface area contributed by atoms with Crippen LogP contribution < -0.4 is 0 Å². The Morgan fingerprint density at radius 1 is 1.00 bits per heavy atom. The van der Waals surface area contributed by atoms with Crippen LogP contribution in [0, 0.1) is 32.1 Å². The zero-order valence-corrected chi connectivity index (χ0v) is 17.8. The molecule has 0 N–H and O–H groups in total. The number of Topliss-reactive ketones (excluding diaryl/α,β-unsaturated/α-hetero) is 1. The lowest BCUT2D eigenvalue weighted by Crippen LogP contribution is -2.49. The fourth-order valence-corrected chi connectivity index (χ4v) is 5.16. The topological polar surface area (TPSA) is 81.5 Å². The molecule has 1 fully saturated rings. The van der Waals surface area contributed by atoms with Crippen molar-refractivity contribution in [3.05, 3.63) is 64.2 Å². The maximum Gasteiger partial charge on any atom is 0.244 e. The van der Waals surface area contributed by atoms with Gasteiger partial charge >= 0.3 is 0 Å². The largest absolute Gasteiger partial charge is 0.293 e. The lowest BCUT2D eigenvalue weighted by molar-refractivity contribution is 0.0901. The molecule has 1 heterocycles. The molecule has 0 aromatic heterocycles. The van der Waals surface area contributed by atoms with E-state index in [1.807, 2.05) is 43.9 Å². The van der Waals surface area contributed by atoms with Crippen LogP contribution >= 0.6 is 0 Å². The van der Waals surface area contributed by atoms with Gasteiger partial charge in [0.05, 0.1) is 17.0 Å². The van der Waals surface area contributed by atoms with Gasteiger partial charge in [-0.15, -0.1) is 0 Å². The average molecular weight is 412 g/mol. The molecule has 29 heavy (non-hydrogen) atoms. The minimum absolute atomic E-state index is 0.0396. The molecule has 7 heteroatoms. The lowest BCUT2D eigenvalue weighted by Gasteiger charge is -2.33. The molecular weight excluding hydrogens is 386 g/mol. The second-order valence-electron chi connectivity index (χ2n) is 7.46. The summed E-state index contributed by atoms with van der Waals surface area (Å²) in [7, 11) is -3.73. The molecule has 0 radical (unpaired) electrons. The van der Waals surface area contributed by atoms with E-state index in [0.29, 0.717) is 26.2 Å². The number of benzene rings is 2. The van der Waals surface area contributed by atoms with Gasteiger partial charge in [-0.1, -0.05) is 18.2 Å². The molecule has 3 rings (SSSR count). The summed E-state index contributed by atoms with van der Waals surface area (Å²) in [6.07, 6.45) is 0. The Bertz CT molecular complexity index is 1080. The maximum atomic E-state index is 12.9. The molecule has 0 spiro atoms. The number of nitriles is 1. The average Bonchev–Trinajstić information content (AvgIpc) is 2.71. The Morgan fingerprint density at radius 3 is 2.28 bits per heavy atom. The summed E-state index contributed by atoms with van der Waals surface area (Å²) in [5.74, 6) is 0.0525. The molecular formula is C22H25N3O3S. The number of rotatable bonds is 5. The van der Waals surface area contributed by atoms with Gasteiger partial charge < -0.3 is 0 Å². The first-order chi connectivity index (χ1) is 13.7. The number of hydrogen-bond acceptors (Lipinski definition) is 5. The molecule has 0 aliphatic carbocycles. The number of carbonyl (C=O) groups is 1. The Hall–Kier alpha value is -2.53. The van der Waals surface area contributed by atoms with Crippen molar-refractivity contribution in [1.82, 2.24) is 9.21 Å². The summed E-state index contributed by atoms with van der Waals surface area (Å²) in [4.78, 5) is 14.8. The van der Waals surface area contributed by atoms with Crippen LogP contribution in [0.5, 0.6) is 0 Å². The van der Waals surface area contributed by atoms with Crippen LogP contribution in [0.1, 0.15) is 32.6 Å². The van der Waals surface area contributed by atoms with E-state index in [-0.39, 0.29) is 22.8 Å². The summed E-state index contributed by atoms with van der Waals surface area (Å²) >= 11 is 0. The van der Waals surface area contributed by atoms with E-state index in [2.05, 4.69) is 0 Å². The van der Waals surface area contributed by atoms with Crippen molar-refractivity contribution >= 4 is 15.8 Å². The van der Waals surface area contributed by atoms with Crippen molar-refractivity contribution in [1.29, 1.82) is 5.26 Å². The third-order valence-electron chi connectivity index (χ3n) is 5.46. The van der Waals surface area contributed by atoms with E-state index >= 15 is 0 Å². The quantitative estimate of drug-likeness (QED) is 0.707. The summed E-state index contributed by atoms with van der Waals surface area (Å²) in [6, 6.07) is 12.2. The monoisotopic (exact) mass is 411 g/mol. The second-order valence-corrected chi connectivity index (χ2v) is 9.37. The van der Waals surface area contributed by atoms with Gasteiger partial charge in [-0.05, 0) is 55.7 Å². The fourth-order valence-electron chi connectivity index (χ4n) is 3.60. The van der Waals surface area contributed by atoms with Gasteiger partial charge in [-0.25, -0.2) is 8.42 Å². The summed E-state index contributed by atoms with van der Waals surface area (Å²) < 4.78 is 27.2. The van der Waals surface area contributed by atoms with E-state index in [4.69, 9.17) is 0 Å². The number of piperazine rings is 1. The maximum absolute atomic E-state index is 12.9. The molecule has 6 nitrogen and oxygen atoms in total. The minimum atomic E-state index is -3.73. The molecule has 152 valence electrons. The van der Waals surface area contributed by atoms with E-state index in [1.54, 1.807) is 12.1 Å². The summed E-state index contributed by atoms with van der Waals surface area (Å²) in [5, 5.41) is 9.21. The van der Waals surface area contributed by atoms with E-state index < -0.39 is 10.0 Å². The van der Waals surface area contributed by atoms with Gasteiger partial charge in [0, 0.05) is 31.7 Å². The molecule has 0 amide bonds. The predicted octanol–water partition coefficient (Wildman–Crippen LogP) is 2.67. The van der Waals surface area contributed by atoms with Gasteiger partial charge in [0.1, 0.15) is 6.07 Å². The van der Waals surface area contributed by atoms with E-state index in [0.717, 1.165) is 22.3 Å². The zero-order chi connectivity index (χ0) is 21.2. The molecule has 1 aliphatic rings. The van der Waals surface area contributed by atoms with Crippen LogP contribution in [-0.4, -0.2) is 56.1 Å². The highest BCUT2D eigenvalue weighted by Crippen LogP contribution is 2.21. The third-order valence-corrected chi connectivity index (χ3v) is 7.42. The number of sulfonamides is 1. The predicted molar refractivity (Wildman–Crippen MR) is 111 cm³/mol. The molecule has 1 aliphatic heterocycles. The molecule has 0 unspecified atom stereocenters. The van der Waals surface area contributed by atoms with Gasteiger partial charge in [0.15, 0.2) is 5.78 Å². The summed E-state index contributed by atoms with van der Waals surface area (Å²) in [6.45, 7) is 7.77. The Kier molecular flexibility index (Phi) is 6.18. The Morgan fingerprint density at radius 2 is 1.62 bits per heavy atom. The number of hydrogen-bond donors (Lipinski definition) is 0. The van der Waals surface area contributed by atoms with Crippen LogP contribution in [0.15, 0.2) is 41.3 Å². The van der Waals surface area contributed by atoms with Crippen molar-refractivity contribution < 1.29 is 13.2 Å². The Balaban J connectivity index is 1.67. The van der Waals surface area contributed by atoms with Gasteiger partial charge in [-0.3, -0.25) is 9.69 Å². The molecule has 0 saturated carbocycles. The molecule has 2 aromatic carbocycles. The first kappa shape index (κ1) is 21.2. The van der Waals surface area contributed by atoms with Crippen LogP contribution in [0.4, 0.5) is 0 Å². The first-order valence-electron chi connectivity index (χ1n) is 9.56. The second kappa shape index (κ2) is 8.46. The zero-order valence-electron chi connectivity index (χ0n) is 17.0. The van der Waals surface area contributed by atoms with Crippen molar-refractivity contribution in [3.63, 3.8) is 0 Å². The molecule has 1 saturated heterocycles. The van der Waals surface area contributed by atoms with Crippen molar-refractivity contribution in [3.8, 4) is 6.07 Å².